The van der Waals surface area contributed by atoms with Crippen molar-refractivity contribution in [1.29, 1.82) is 0 Å². The lowest BCUT2D eigenvalue weighted by Gasteiger charge is -2.04. The van der Waals surface area contributed by atoms with Gasteiger partial charge in [0.25, 0.3) is 0 Å². The molecule has 0 N–H and O–H groups in total. The Hall–Kier alpha value is -1.32. The van der Waals surface area contributed by atoms with Crippen LogP contribution < -0.4 is 0 Å². The summed E-state index contributed by atoms with van der Waals surface area (Å²) in [6.45, 7) is 5.73. The number of ether oxygens (including phenoxy) is 2. The Balaban J connectivity index is 3.18. The maximum absolute atomic E-state index is 11.0. The largest absolute Gasteiger partial charge is 0.516 e. The van der Waals surface area contributed by atoms with Gasteiger partial charge in [-0.1, -0.05) is 71.3 Å². The first kappa shape index (κ1) is 18.7. The van der Waals surface area contributed by atoms with Crippen LogP contribution in [-0.4, -0.2) is 18.7 Å². The van der Waals surface area contributed by atoms with E-state index in [1.165, 1.54) is 44.9 Å². The second-order valence-corrected chi connectivity index (χ2v) is 4.91. The van der Waals surface area contributed by atoms with Gasteiger partial charge < -0.3 is 9.47 Å². The molecule has 4 nitrogen and oxygen atoms in total. The van der Waals surface area contributed by atoms with Crippen LogP contribution in [-0.2, 0) is 14.3 Å². The molecular weight excluding hydrogens is 256 g/mol. The highest BCUT2D eigenvalue weighted by molar-refractivity contribution is 5.89. The summed E-state index contributed by atoms with van der Waals surface area (Å²) in [6.07, 6.45) is 12.2. The van der Waals surface area contributed by atoms with E-state index in [0.717, 1.165) is 25.3 Å². The van der Waals surface area contributed by atoms with Crippen LogP contribution in [0.1, 0.15) is 71.1 Å². The zero-order valence-corrected chi connectivity index (χ0v) is 12.7. The first-order valence-electron chi connectivity index (χ1n) is 7.71. The van der Waals surface area contributed by atoms with Gasteiger partial charge in [0.05, 0.1) is 6.61 Å². The summed E-state index contributed by atoms with van der Waals surface area (Å²) in [5.74, 6) is -0.780. The van der Waals surface area contributed by atoms with Crippen LogP contribution in [0.4, 0.5) is 4.79 Å². The molecule has 0 atom stereocenters. The van der Waals surface area contributed by atoms with Crippen molar-refractivity contribution in [3.05, 3.63) is 12.7 Å². The number of carbonyl (C=O) groups excluding carboxylic acids is 2. The van der Waals surface area contributed by atoms with E-state index in [1.54, 1.807) is 0 Å². The minimum Gasteiger partial charge on any atom is -0.434 e. The predicted octanol–water partition coefficient (Wildman–Crippen LogP) is 4.77. The number of esters is 1. The van der Waals surface area contributed by atoms with Crippen LogP contribution in [0.2, 0.25) is 0 Å². The number of hydrogen-bond acceptors (Lipinski definition) is 4. The number of unbranched alkanes of at least 4 members (excludes halogenated alkanes) is 9. The molecule has 0 aromatic heterocycles. The number of carbonyl (C=O) groups is 2. The zero-order chi connectivity index (χ0) is 15.1. The summed E-state index contributed by atoms with van der Waals surface area (Å²) >= 11 is 0. The zero-order valence-electron chi connectivity index (χ0n) is 12.7. The molecule has 20 heavy (non-hydrogen) atoms. The number of hydrogen-bond donors (Lipinski definition) is 0. The first-order valence-corrected chi connectivity index (χ1v) is 7.71. The van der Waals surface area contributed by atoms with E-state index in [-0.39, 0.29) is 0 Å². The van der Waals surface area contributed by atoms with E-state index in [2.05, 4.69) is 18.2 Å². The molecule has 0 saturated carbocycles. The number of rotatable bonds is 12. The van der Waals surface area contributed by atoms with Crippen LogP contribution in [0.15, 0.2) is 12.7 Å². The van der Waals surface area contributed by atoms with Crippen molar-refractivity contribution in [3.63, 3.8) is 0 Å². The minimum atomic E-state index is -0.939. The molecule has 0 aromatic carbocycles. The molecule has 0 unspecified atom stereocenters. The molecule has 0 amide bonds. The lowest BCUT2D eigenvalue weighted by atomic mass is 10.1. The summed E-state index contributed by atoms with van der Waals surface area (Å²) in [5, 5.41) is 0. The fourth-order valence-corrected chi connectivity index (χ4v) is 1.90. The van der Waals surface area contributed by atoms with E-state index in [4.69, 9.17) is 4.74 Å². The second-order valence-electron chi connectivity index (χ2n) is 4.91. The summed E-state index contributed by atoms with van der Waals surface area (Å²) in [7, 11) is 0. The van der Waals surface area contributed by atoms with Crippen LogP contribution in [0.3, 0.4) is 0 Å². The van der Waals surface area contributed by atoms with Crippen molar-refractivity contribution in [2.75, 3.05) is 6.61 Å². The van der Waals surface area contributed by atoms with Crippen LogP contribution in [0.5, 0.6) is 0 Å². The summed E-state index contributed by atoms with van der Waals surface area (Å²) in [5.41, 5.74) is 0. The average Bonchev–Trinajstić information content (AvgIpc) is 2.44. The van der Waals surface area contributed by atoms with E-state index in [9.17, 15) is 9.59 Å². The molecule has 0 aromatic rings. The molecular formula is C16H28O4. The Morgan fingerprint density at radius 2 is 1.40 bits per heavy atom. The molecule has 116 valence electrons. The Labute approximate surface area is 122 Å². The van der Waals surface area contributed by atoms with Gasteiger partial charge in [0.2, 0.25) is 0 Å². The quantitative estimate of drug-likeness (QED) is 0.224. The Kier molecular flexibility index (Phi) is 13.2. The van der Waals surface area contributed by atoms with Gasteiger partial charge in [-0.25, -0.2) is 9.59 Å². The molecule has 4 heteroatoms. The van der Waals surface area contributed by atoms with Gasteiger partial charge in [0, 0.05) is 6.08 Å². The van der Waals surface area contributed by atoms with Crippen molar-refractivity contribution < 1.29 is 19.1 Å². The van der Waals surface area contributed by atoms with Crippen molar-refractivity contribution in [2.45, 2.75) is 71.1 Å². The van der Waals surface area contributed by atoms with Gasteiger partial charge in [0.15, 0.2) is 0 Å². The highest BCUT2D eigenvalue weighted by Crippen LogP contribution is 2.10. The molecule has 0 spiro atoms. The molecule has 0 aliphatic heterocycles. The van der Waals surface area contributed by atoms with Gasteiger partial charge in [-0.3, -0.25) is 0 Å². The fourth-order valence-electron chi connectivity index (χ4n) is 1.90. The summed E-state index contributed by atoms with van der Waals surface area (Å²) in [6, 6.07) is 0. The van der Waals surface area contributed by atoms with Crippen molar-refractivity contribution in [3.8, 4) is 0 Å². The van der Waals surface area contributed by atoms with Gasteiger partial charge in [-0.05, 0) is 6.42 Å². The Morgan fingerprint density at radius 3 is 1.90 bits per heavy atom. The lowest BCUT2D eigenvalue weighted by molar-refractivity contribution is -0.134. The minimum absolute atomic E-state index is 0.305. The maximum atomic E-state index is 11.0. The van der Waals surface area contributed by atoms with E-state index in [0.29, 0.717) is 6.61 Å². The molecule has 0 heterocycles. The smallest absolute Gasteiger partial charge is 0.434 e. The summed E-state index contributed by atoms with van der Waals surface area (Å²) in [4.78, 5) is 21.6. The maximum Gasteiger partial charge on any atom is 0.516 e. The Bertz CT molecular complexity index is 274. The molecule has 0 bridgehead atoms. The normalized spacial score (nSPS) is 10.1. The van der Waals surface area contributed by atoms with E-state index in [1.807, 2.05) is 0 Å². The Morgan fingerprint density at radius 1 is 0.900 bits per heavy atom. The van der Waals surface area contributed by atoms with E-state index < -0.39 is 12.1 Å². The van der Waals surface area contributed by atoms with Crippen LogP contribution >= 0.6 is 0 Å². The molecule has 0 fully saturated rings. The van der Waals surface area contributed by atoms with E-state index >= 15 is 0 Å². The van der Waals surface area contributed by atoms with Gasteiger partial charge in [-0.15, -0.1) is 0 Å². The fraction of sp³-hybridized carbons (Fsp3) is 0.750. The van der Waals surface area contributed by atoms with Crippen LogP contribution in [0, 0.1) is 0 Å². The van der Waals surface area contributed by atoms with Gasteiger partial charge >= 0.3 is 12.1 Å². The van der Waals surface area contributed by atoms with Crippen molar-refractivity contribution in [2.24, 2.45) is 0 Å². The molecule has 0 aliphatic carbocycles. The third kappa shape index (κ3) is 13.1. The predicted molar refractivity (Wildman–Crippen MR) is 79.5 cm³/mol. The molecule has 0 saturated heterocycles. The standard InChI is InChI=1S/C16H28O4/c1-3-5-6-7-8-9-10-11-12-13-14-19-16(18)20-15(17)4-2/h4H,2-3,5-14H2,1H3. The monoisotopic (exact) mass is 284 g/mol. The average molecular weight is 284 g/mol. The highest BCUT2D eigenvalue weighted by atomic mass is 16.7. The highest BCUT2D eigenvalue weighted by Gasteiger charge is 2.07. The third-order valence-corrected chi connectivity index (χ3v) is 3.07. The van der Waals surface area contributed by atoms with Crippen molar-refractivity contribution in [1.82, 2.24) is 0 Å². The first-order chi connectivity index (χ1) is 9.70. The second kappa shape index (κ2) is 14.1. The molecule has 0 rings (SSSR count). The molecule has 0 radical (unpaired) electrons. The molecule has 0 aliphatic rings. The van der Waals surface area contributed by atoms with Gasteiger partial charge in [-0.2, -0.15) is 0 Å². The van der Waals surface area contributed by atoms with Crippen LogP contribution in [0.25, 0.3) is 0 Å². The topological polar surface area (TPSA) is 52.6 Å². The van der Waals surface area contributed by atoms with Crippen molar-refractivity contribution >= 4 is 12.1 Å². The third-order valence-electron chi connectivity index (χ3n) is 3.07. The summed E-state index contributed by atoms with van der Waals surface area (Å²) < 4.78 is 9.03. The lowest BCUT2D eigenvalue weighted by Crippen LogP contribution is -2.12. The van der Waals surface area contributed by atoms with Gasteiger partial charge in [0.1, 0.15) is 0 Å². The SMILES string of the molecule is C=CC(=O)OC(=O)OCCCCCCCCCCCC.